The zero-order valence-electron chi connectivity index (χ0n) is 13.6. The fourth-order valence-electron chi connectivity index (χ4n) is 2.45. The summed E-state index contributed by atoms with van der Waals surface area (Å²) in [4.78, 5) is 26.9. The lowest BCUT2D eigenvalue weighted by atomic mass is 10.0. The van der Waals surface area contributed by atoms with Gasteiger partial charge in [0, 0.05) is 17.3 Å². The number of fused-ring (bicyclic) bond motifs is 1. The number of nitrogens with one attached hydrogen (secondary N) is 1. The van der Waals surface area contributed by atoms with Crippen molar-refractivity contribution in [3.63, 3.8) is 0 Å². The summed E-state index contributed by atoms with van der Waals surface area (Å²) in [5.41, 5.74) is 1.91. The molecule has 1 aromatic heterocycles. The maximum atomic E-state index is 12.2. The number of carbonyl (C=O) groups excluding carboxylic acids is 2. The highest BCUT2D eigenvalue weighted by Gasteiger charge is 2.20. The molecular weight excluding hydrogens is 298 g/mol. The molecule has 0 saturated heterocycles. The number of ether oxygens (including phenoxy) is 3. The minimum Gasteiger partial charge on any atom is -0.497 e. The van der Waals surface area contributed by atoms with Crippen molar-refractivity contribution in [2.24, 2.45) is 0 Å². The Hall–Kier alpha value is -2.50. The second-order valence-corrected chi connectivity index (χ2v) is 4.92. The first-order valence-electron chi connectivity index (χ1n) is 7.62. The molecule has 0 aliphatic heterocycles. The van der Waals surface area contributed by atoms with Crippen LogP contribution in [0.4, 0.5) is 0 Å². The van der Waals surface area contributed by atoms with Crippen molar-refractivity contribution in [1.29, 1.82) is 0 Å². The van der Waals surface area contributed by atoms with Crippen molar-refractivity contribution in [2.75, 3.05) is 20.3 Å². The average Bonchev–Trinajstić information content (AvgIpc) is 2.91. The maximum absolute atomic E-state index is 12.2. The van der Waals surface area contributed by atoms with Crippen LogP contribution in [0.15, 0.2) is 18.2 Å². The fraction of sp³-hybridized carbons (Fsp3) is 0.412. The number of hydrogen-bond acceptors (Lipinski definition) is 5. The predicted molar refractivity (Wildman–Crippen MR) is 85.8 cm³/mol. The maximum Gasteiger partial charge on any atom is 0.355 e. The quantitative estimate of drug-likeness (QED) is 0.794. The standard InChI is InChI=1S/C17H21NO5/c1-4-22-15(19)9-7-12-13-10-11(21-3)6-8-14(13)18-16(12)17(20)23-5-2/h6,8,10,18H,4-5,7,9H2,1-3H3. The van der Waals surface area contributed by atoms with Crippen LogP contribution in [-0.2, 0) is 20.7 Å². The van der Waals surface area contributed by atoms with Gasteiger partial charge in [-0.05, 0) is 44.0 Å². The average molecular weight is 319 g/mol. The highest BCUT2D eigenvalue weighted by atomic mass is 16.5. The molecule has 0 radical (unpaired) electrons. The third kappa shape index (κ3) is 3.83. The van der Waals surface area contributed by atoms with Crippen molar-refractivity contribution in [3.8, 4) is 5.75 Å². The van der Waals surface area contributed by atoms with Crippen LogP contribution in [0.2, 0.25) is 0 Å². The van der Waals surface area contributed by atoms with Gasteiger partial charge in [-0.2, -0.15) is 0 Å². The first-order valence-corrected chi connectivity index (χ1v) is 7.62. The number of hydrogen-bond donors (Lipinski definition) is 1. The van der Waals surface area contributed by atoms with Gasteiger partial charge in [-0.15, -0.1) is 0 Å². The van der Waals surface area contributed by atoms with Crippen LogP contribution in [0.25, 0.3) is 10.9 Å². The summed E-state index contributed by atoms with van der Waals surface area (Å²) in [7, 11) is 1.58. The van der Waals surface area contributed by atoms with E-state index in [4.69, 9.17) is 14.2 Å². The van der Waals surface area contributed by atoms with E-state index < -0.39 is 5.97 Å². The zero-order chi connectivity index (χ0) is 16.8. The molecular formula is C17H21NO5. The first-order chi connectivity index (χ1) is 11.1. The number of benzene rings is 1. The van der Waals surface area contributed by atoms with Gasteiger partial charge in [0.15, 0.2) is 0 Å². The first kappa shape index (κ1) is 16.9. The van der Waals surface area contributed by atoms with Crippen molar-refractivity contribution < 1.29 is 23.8 Å². The van der Waals surface area contributed by atoms with Crippen LogP contribution in [0.1, 0.15) is 36.3 Å². The number of aromatic nitrogens is 1. The number of carbonyl (C=O) groups is 2. The van der Waals surface area contributed by atoms with Gasteiger partial charge in [0.05, 0.1) is 20.3 Å². The second-order valence-electron chi connectivity index (χ2n) is 4.92. The number of aromatic amines is 1. The number of methoxy groups -OCH3 is 1. The van der Waals surface area contributed by atoms with Crippen LogP contribution >= 0.6 is 0 Å². The summed E-state index contributed by atoms with van der Waals surface area (Å²) in [5.74, 6) is -0.0367. The summed E-state index contributed by atoms with van der Waals surface area (Å²) in [6.45, 7) is 4.14. The molecule has 2 aromatic rings. The van der Waals surface area contributed by atoms with E-state index in [9.17, 15) is 9.59 Å². The zero-order valence-corrected chi connectivity index (χ0v) is 13.6. The molecule has 6 nitrogen and oxygen atoms in total. The van der Waals surface area contributed by atoms with E-state index in [1.54, 1.807) is 21.0 Å². The van der Waals surface area contributed by atoms with E-state index >= 15 is 0 Å². The van der Waals surface area contributed by atoms with Gasteiger partial charge in [0.1, 0.15) is 11.4 Å². The molecule has 0 atom stereocenters. The highest BCUT2D eigenvalue weighted by Crippen LogP contribution is 2.28. The van der Waals surface area contributed by atoms with E-state index in [0.717, 1.165) is 16.5 Å². The Morgan fingerprint density at radius 3 is 2.52 bits per heavy atom. The molecule has 0 unspecified atom stereocenters. The fourth-order valence-corrected chi connectivity index (χ4v) is 2.45. The Balaban J connectivity index is 2.40. The molecule has 1 heterocycles. The van der Waals surface area contributed by atoms with E-state index in [-0.39, 0.29) is 19.0 Å². The molecule has 124 valence electrons. The van der Waals surface area contributed by atoms with Crippen molar-refractivity contribution >= 4 is 22.8 Å². The van der Waals surface area contributed by atoms with Gasteiger partial charge in [-0.3, -0.25) is 4.79 Å². The van der Waals surface area contributed by atoms with Gasteiger partial charge in [0.25, 0.3) is 0 Å². The van der Waals surface area contributed by atoms with Crippen LogP contribution in [0.5, 0.6) is 5.75 Å². The van der Waals surface area contributed by atoms with Gasteiger partial charge in [0.2, 0.25) is 0 Å². The Bertz CT molecular complexity index is 704. The lowest BCUT2D eigenvalue weighted by Gasteiger charge is -2.05. The molecule has 0 spiro atoms. The molecule has 23 heavy (non-hydrogen) atoms. The van der Waals surface area contributed by atoms with Crippen LogP contribution in [0.3, 0.4) is 0 Å². The molecule has 2 rings (SSSR count). The number of rotatable bonds is 7. The number of aryl methyl sites for hydroxylation is 1. The lowest BCUT2D eigenvalue weighted by Crippen LogP contribution is -2.10. The van der Waals surface area contributed by atoms with Crippen molar-refractivity contribution in [3.05, 3.63) is 29.5 Å². The summed E-state index contributed by atoms with van der Waals surface area (Å²) in [6.07, 6.45) is 0.588. The molecule has 0 aliphatic rings. The largest absolute Gasteiger partial charge is 0.497 e. The Labute approximate surface area is 134 Å². The molecule has 0 amide bonds. The van der Waals surface area contributed by atoms with E-state index in [1.165, 1.54) is 0 Å². The Morgan fingerprint density at radius 2 is 1.87 bits per heavy atom. The number of H-pyrrole nitrogens is 1. The SMILES string of the molecule is CCOC(=O)CCc1c(C(=O)OCC)[nH]c2ccc(OC)cc12. The van der Waals surface area contributed by atoms with Gasteiger partial charge >= 0.3 is 11.9 Å². The molecule has 0 aliphatic carbocycles. The van der Waals surface area contributed by atoms with E-state index in [1.807, 2.05) is 18.2 Å². The monoisotopic (exact) mass is 319 g/mol. The predicted octanol–water partition coefficient (Wildman–Crippen LogP) is 2.85. The van der Waals surface area contributed by atoms with E-state index in [0.29, 0.717) is 24.5 Å². The summed E-state index contributed by atoms with van der Waals surface area (Å²) in [6, 6.07) is 5.49. The molecule has 1 aromatic carbocycles. The molecule has 6 heteroatoms. The van der Waals surface area contributed by atoms with Crippen molar-refractivity contribution in [2.45, 2.75) is 26.7 Å². The third-order valence-electron chi connectivity index (χ3n) is 3.48. The third-order valence-corrected chi connectivity index (χ3v) is 3.48. The smallest absolute Gasteiger partial charge is 0.355 e. The summed E-state index contributed by atoms with van der Waals surface area (Å²) in [5, 5.41) is 0.844. The Morgan fingerprint density at radius 1 is 1.13 bits per heavy atom. The molecule has 1 N–H and O–H groups in total. The van der Waals surface area contributed by atoms with Crippen LogP contribution < -0.4 is 4.74 Å². The van der Waals surface area contributed by atoms with Gasteiger partial charge in [-0.1, -0.05) is 0 Å². The van der Waals surface area contributed by atoms with Gasteiger partial charge < -0.3 is 19.2 Å². The normalized spacial score (nSPS) is 10.6. The topological polar surface area (TPSA) is 77.6 Å². The van der Waals surface area contributed by atoms with Crippen LogP contribution in [0, 0.1) is 0 Å². The van der Waals surface area contributed by atoms with Crippen LogP contribution in [-0.4, -0.2) is 37.2 Å². The Kier molecular flexibility index (Phi) is 5.62. The highest BCUT2D eigenvalue weighted by molar-refractivity contribution is 5.99. The summed E-state index contributed by atoms with van der Waals surface area (Å²) >= 11 is 0. The molecule has 0 bridgehead atoms. The minimum atomic E-state index is -0.429. The second kappa shape index (κ2) is 7.67. The van der Waals surface area contributed by atoms with E-state index in [2.05, 4.69) is 4.98 Å². The van der Waals surface area contributed by atoms with Crippen molar-refractivity contribution in [1.82, 2.24) is 4.98 Å². The van der Waals surface area contributed by atoms with Gasteiger partial charge in [-0.25, -0.2) is 4.79 Å². The minimum absolute atomic E-state index is 0.199. The molecule has 0 fully saturated rings. The summed E-state index contributed by atoms with van der Waals surface area (Å²) < 4.78 is 15.3. The lowest BCUT2D eigenvalue weighted by molar-refractivity contribution is -0.143. The number of esters is 2. The molecule has 0 saturated carbocycles.